The molecule has 0 aromatic carbocycles. The number of hydrogen-bond donors (Lipinski definition) is 0. The fourth-order valence-corrected chi connectivity index (χ4v) is 7.47. The van der Waals surface area contributed by atoms with Crippen LogP contribution in [0.25, 0.3) is 15.2 Å². The minimum Gasteiger partial charge on any atom is -0.287 e. The summed E-state index contributed by atoms with van der Waals surface area (Å²) in [7, 11) is 0. The third-order valence-electron chi connectivity index (χ3n) is 6.00. The van der Waals surface area contributed by atoms with E-state index in [1.807, 2.05) is 16.9 Å². The Bertz CT molecular complexity index is 1410. The molecule has 1 aliphatic rings. The normalized spacial score (nSPS) is 13.8. The number of rotatable bonds is 7. The monoisotopic (exact) mass is 486 g/mol. The van der Waals surface area contributed by atoms with Crippen molar-refractivity contribution in [3.8, 4) is 0 Å². The Labute approximate surface area is 198 Å². The highest BCUT2D eigenvalue weighted by Crippen LogP contribution is 2.35. The summed E-state index contributed by atoms with van der Waals surface area (Å²) >= 11 is 4.67. The van der Waals surface area contributed by atoms with Crippen molar-refractivity contribution >= 4 is 49.6 Å². The molecule has 9 heteroatoms. The fraction of sp³-hybridized carbons (Fsp3) is 0.478. The average molecular weight is 487 g/mol. The minimum absolute atomic E-state index is 0.0565. The Kier molecular flexibility index (Phi) is 6.22. The van der Waals surface area contributed by atoms with Crippen molar-refractivity contribution in [1.29, 1.82) is 0 Å². The van der Waals surface area contributed by atoms with Gasteiger partial charge in [0.05, 0.1) is 11.1 Å². The van der Waals surface area contributed by atoms with Crippen LogP contribution in [-0.4, -0.2) is 18.9 Å². The smallest absolute Gasteiger partial charge is 0.263 e. The van der Waals surface area contributed by atoms with Gasteiger partial charge in [-0.25, -0.2) is 9.97 Å². The minimum atomic E-state index is -0.0565. The lowest BCUT2D eigenvalue weighted by molar-refractivity contribution is 0.541. The Morgan fingerprint density at radius 2 is 2.00 bits per heavy atom. The van der Waals surface area contributed by atoms with E-state index in [2.05, 4.69) is 11.9 Å². The number of aromatic nitrogens is 4. The van der Waals surface area contributed by atoms with Gasteiger partial charge in [-0.15, -0.1) is 22.7 Å². The van der Waals surface area contributed by atoms with E-state index in [9.17, 15) is 9.59 Å². The Balaban J connectivity index is 1.52. The van der Waals surface area contributed by atoms with Crippen molar-refractivity contribution in [1.82, 2.24) is 18.9 Å². The first-order valence-corrected chi connectivity index (χ1v) is 13.9. The Morgan fingerprint density at radius 1 is 1.16 bits per heavy atom. The highest BCUT2D eigenvalue weighted by molar-refractivity contribution is 7.98. The van der Waals surface area contributed by atoms with Gasteiger partial charge in [0.25, 0.3) is 11.1 Å². The molecule has 0 spiro atoms. The Hall–Kier alpha value is -1.97. The third-order valence-corrected chi connectivity index (χ3v) is 9.14. The van der Waals surface area contributed by atoms with Crippen LogP contribution in [-0.2, 0) is 25.1 Å². The van der Waals surface area contributed by atoms with Gasteiger partial charge in [0.15, 0.2) is 10.1 Å². The standard InChI is InChI=1S/C23H26N4O2S3/c1-3-4-7-10-26-21(29)19-16-8-5-6-9-17(16)32-20(19)25-22(26)31-13-15-11-18(28)27-14(2)12-30-23(27)24-15/h11-12H,3-10,13H2,1-2H3. The molecule has 1 aliphatic carbocycles. The summed E-state index contributed by atoms with van der Waals surface area (Å²) in [4.78, 5) is 38.6. The lowest BCUT2D eigenvalue weighted by Gasteiger charge is -2.13. The molecular formula is C23H26N4O2S3. The topological polar surface area (TPSA) is 69.3 Å². The second kappa shape index (κ2) is 9.11. The lowest BCUT2D eigenvalue weighted by Crippen LogP contribution is -2.24. The van der Waals surface area contributed by atoms with Crippen LogP contribution in [0, 0.1) is 6.92 Å². The summed E-state index contributed by atoms with van der Waals surface area (Å²) in [6.07, 6.45) is 7.54. The summed E-state index contributed by atoms with van der Waals surface area (Å²) in [6.45, 7) is 4.76. The molecule has 0 amide bonds. The summed E-state index contributed by atoms with van der Waals surface area (Å²) < 4.78 is 3.50. The number of thiophene rings is 1. The molecule has 0 fully saturated rings. The first kappa shape index (κ1) is 21.9. The van der Waals surface area contributed by atoms with E-state index in [4.69, 9.17) is 4.98 Å². The molecule has 4 aromatic heterocycles. The SMILES string of the molecule is CCCCCn1c(SCc2cc(=O)n3c(C)csc3n2)nc2sc3c(c2c1=O)CCCC3. The number of fused-ring (bicyclic) bond motifs is 4. The maximum atomic E-state index is 13.6. The van der Waals surface area contributed by atoms with Crippen LogP contribution in [0.15, 0.2) is 26.2 Å². The van der Waals surface area contributed by atoms with Gasteiger partial charge in [0.1, 0.15) is 4.83 Å². The summed E-state index contributed by atoms with van der Waals surface area (Å²) in [5.41, 5.74) is 2.91. The summed E-state index contributed by atoms with van der Waals surface area (Å²) in [6, 6.07) is 1.60. The average Bonchev–Trinajstić information content (AvgIpc) is 3.34. The molecule has 0 atom stereocenters. The first-order valence-electron chi connectivity index (χ1n) is 11.2. The van der Waals surface area contributed by atoms with E-state index in [0.29, 0.717) is 17.3 Å². The van der Waals surface area contributed by atoms with Gasteiger partial charge >= 0.3 is 0 Å². The molecule has 0 radical (unpaired) electrons. The van der Waals surface area contributed by atoms with E-state index < -0.39 is 0 Å². The van der Waals surface area contributed by atoms with Crippen LogP contribution >= 0.6 is 34.4 Å². The summed E-state index contributed by atoms with van der Waals surface area (Å²) in [5, 5.41) is 3.53. The molecule has 0 saturated heterocycles. The van der Waals surface area contributed by atoms with Gasteiger partial charge in [-0.05, 0) is 44.6 Å². The largest absolute Gasteiger partial charge is 0.287 e. The van der Waals surface area contributed by atoms with Crippen molar-refractivity contribution in [2.45, 2.75) is 76.2 Å². The van der Waals surface area contributed by atoms with Crippen LogP contribution in [0.2, 0.25) is 0 Å². The van der Waals surface area contributed by atoms with Crippen LogP contribution in [0.3, 0.4) is 0 Å². The molecule has 0 bridgehead atoms. The van der Waals surface area contributed by atoms with E-state index in [0.717, 1.165) is 65.3 Å². The molecule has 0 aliphatic heterocycles. The second-order valence-corrected chi connectivity index (χ2v) is 11.2. The molecule has 0 saturated carbocycles. The zero-order valence-electron chi connectivity index (χ0n) is 18.3. The number of unbranched alkanes of at least 4 members (excludes halogenated alkanes) is 2. The van der Waals surface area contributed by atoms with E-state index >= 15 is 0 Å². The van der Waals surface area contributed by atoms with Gasteiger partial charge in [-0.3, -0.25) is 18.6 Å². The van der Waals surface area contributed by atoms with Crippen LogP contribution in [0.5, 0.6) is 0 Å². The van der Waals surface area contributed by atoms with Gasteiger partial charge < -0.3 is 0 Å². The quantitative estimate of drug-likeness (QED) is 0.204. The summed E-state index contributed by atoms with van der Waals surface area (Å²) in [5.74, 6) is 0.513. The maximum Gasteiger partial charge on any atom is 0.263 e. The molecular weight excluding hydrogens is 460 g/mol. The van der Waals surface area contributed by atoms with Crippen molar-refractivity contribution in [3.05, 3.63) is 54.0 Å². The van der Waals surface area contributed by atoms with Gasteiger partial charge in [-0.1, -0.05) is 31.5 Å². The molecule has 4 heterocycles. The number of hydrogen-bond acceptors (Lipinski definition) is 7. The molecule has 5 rings (SSSR count). The van der Waals surface area contributed by atoms with E-state index in [1.165, 1.54) is 40.0 Å². The second-order valence-electron chi connectivity index (χ2n) is 8.32. The number of aryl methyl sites for hydroxylation is 3. The Morgan fingerprint density at radius 3 is 2.84 bits per heavy atom. The third kappa shape index (κ3) is 3.95. The molecule has 168 valence electrons. The number of thioether (sulfide) groups is 1. The van der Waals surface area contributed by atoms with E-state index in [1.54, 1.807) is 21.8 Å². The van der Waals surface area contributed by atoms with Gasteiger partial charge in [0.2, 0.25) is 0 Å². The highest BCUT2D eigenvalue weighted by atomic mass is 32.2. The molecule has 6 nitrogen and oxygen atoms in total. The van der Waals surface area contributed by atoms with Gasteiger partial charge in [0, 0.05) is 34.3 Å². The van der Waals surface area contributed by atoms with Gasteiger partial charge in [-0.2, -0.15) is 0 Å². The van der Waals surface area contributed by atoms with Crippen LogP contribution < -0.4 is 11.1 Å². The first-order chi connectivity index (χ1) is 15.6. The number of nitrogens with zero attached hydrogens (tertiary/aromatic N) is 4. The van der Waals surface area contributed by atoms with Crippen LogP contribution in [0.4, 0.5) is 0 Å². The molecule has 4 aromatic rings. The van der Waals surface area contributed by atoms with Crippen molar-refractivity contribution in [2.24, 2.45) is 0 Å². The molecule has 0 N–H and O–H groups in total. The van der Waals surface area contributed by atoms with Crippen molar-refractivity contribution in [2.75, 3.05) is 0 Å². The van der Waals surface area contributed by atoms with Crippen molar-refractivity contribution < 1.29 is 0 Å². The molecule has 32 heavy (non-hydrogen) atoms. The zero-order valence-corrected chi connectivity index (χ0v) is 20.8. The van der Waals surface area contributed by atoms with E-state index in [-0.39, 0.29) is 11.1 Å². The lowest BCUT2D eigenvalue weighted by atomic mass is 9.97. The predicted octanol–water partition coefficient (Wildman–Crippen LogP) is 5.20. The predicted molar refractivity (Wildman–Crippen MR) is 134 cm³/mol. The zero-order chi connectivity index (χ0) is 22.2. The maximum absolute atomic E-state index is 13.6. The van der Waals surface area contributed by atoms with Crippen molar-refractivity contribution in [3.63, 3.8) is 0 Å². The molecule has 0 unspecified atom stereocenters. The highest BCUT2D eigenvalue weighted by Gasteiger charge is 2.22. The van der Waals surface area contributed by atoms with Crippen LogP contribution in [0.1, 0.15) is 60.9 Å². The fourth-order valence-electron chi connectivity index (χ4n) is 4.36. The number of thiazole rings is 1.